The number of aryl methyl sites for hydroxylation is 1. The largest absolute Gasteiger partial charge is 0.493 e. The molecule has 3 aromatic rings. The first kappa shape index (κ1) is 21.2. The van der Waals surface area contributed by atoms with Gasteiger partial charge in [0.2, 0.25) is 11.5 Å². The van der Waals surface area contributed by atoms with E-state index in [1.54, 1.807) is 19.1 Å². The average Bonchev–Trinajstić information content (AvgIpc) is 3.07. The Bertz CT molecular complexity index is 1060. The van der Waals surface area contributed by atoms with Gasteiger partial charge in [0.1, 0.15) is 0 Å². The van der Waals surface area contributed by atoms with Crippen LogP contribution in [0, 0.1) is 6.92 Å². The lowest BCUT2D eigenvalue weighted by atomic mass is 10.0. The van der Waals surface area contributed by atoms with E-state index in [0.717, 1.165) is 16.6 Å². The number of Topliss-reactive ketones (excluding diaryl/α,β-unsaturated/α-hetero) is 1. The van der Waals surface area contributed by atoms with Crippen molar-refractivity contribution in [3.8, 4) is 17.2 Å². The van der Waals surface area contributed by atoms with E-state index in [1.807, 2.05) is 31.2 Å². The van der Waals surface area contributed by atoms with Gasteiger partial charge in [-0.05, 0) is 37.6 Å². The van der Waals surface area contributed by atoms with Gasteiger partial charge in [0.15, 0.2) is 17.6 Å². The first-order chi connectivity index (χ1) is 14.4. The Balaban J connectivity index is 1.76. The average molecular weight is 411 g/mol. The first-order valence-corrected chi connectivity index (χ1v) is 9.49. The molecule has 1 heterocycles. The van der Waals surface area contributed by atoms with Crippen molar-refractivity contribution in [1.29, 1.82) is 0 Å². The van der Waals surface area contributed by atoms with Crippen molar-refractivity contribution in [3.05, 3.63) is 53.2 Å². The number of nitrogens with one attached hydrogen (secondary N) is 1. The highest BCUT2D eigenvalue weighted by Crippen LogP contribution is 2.38. The maximum atomic E-state index is 13.0. The van der Waals surface area contributed by atoms with Crippen LogP contribution in [0.4, 0.5) is 0 Å². The topological polar surface area (TPSA) is 86.9 Å². The van der Waals surface area contributed by atoms with Gasteiger partial charge in [-0.2, -0.15) is 0 Å². The lowest BCUT2D eigenvalue weighted by molar-refractivity contribution is -0.145. The zero-order valence-electron chi connectivity index (χ0n) is 17.7. The molecule has 158 valence electrons. The van der Waals surface area contributed by atoms with Gasteiger partial charge in [0, 0.05) is 22.2 Å². The number of fused-ring (bicyclic) bond motifs is 1. The van der Waals surface area contributed by atoms with Crippen molar-refractivity contribution >= 4 is 22.7 Å². The molecule has 0 aliphatic rings. The molecule has 7 nitrogen and oxygen atoms in total. The Morgan fingerprint density at radius 2 is 1.63 bits per heavy atom. The van der Waals surface area contributed by atoms with E-state index in [2.05, 4.69) is 4.98 Å². The Hall–Kier alpha value is -3.48. The van der Waals surface area contributed by atoms with Crippen LogP contribution >= 0.6 is 0 Å². The van der Waals surface area contributed by atoms with E-state index in [9.17, 15) is 9.59 Å². The fraction of sp³-hybridized carbons (Fsp3) is 0.304. The number of carbonyl (C=O) groups is 2. The molecule has 30 heavy (non-hydrogen) atoms. The summed E-state index contributed by atoms with van der Waals surface area (Å²) in [5.41, 5.74) is 2.78. The van der Waals surface area contributed by atoms with Gasteiger partial charge in [0.05, 0.1) is 27.8 Å². The van der Waals surface area contributed by atoms with Gasteiger partial charge in [0.25, 0.3) is 0 Å². The number of para-hydroxylation sites is 1. The monoisotopic (exact) mass is 411 g/mol. The number of aromatic nitrogens is 1. The molecule has 1 aromatic heterocycles. The smallest absolute Gasteiger partial charge is 0.310 e. The van der Waals surface area contributed by atoms with Gasteiger partial charge < -0.3 is 23.9 Å². The molecule has 1 N–H and O–H groups in total. The summed E-state index contributed by atoms with van der Waals surface area (Å²) in [6.45, 7) is 3.41. The van der Waals surface area contributed by atoms with Crippen LogP contribution in [0.3, 0.4) is 0 Å². The molecule has 3 rings (SSSR count). The maximum absolute atomic E-state index is 13.0. The van der Waals surface area contributed by atoms with Crippen molar-refractivity contribution in [1.82, 2.24) is 4.98 Å². The molecular formula is C23H25NO6. The summed E-state index contributed by atoms with van der Waals surface area (Å²) in [5.74, 6) is 0.553. The highest BCUT2D eigenvalue weighted by molar-refractivity contribution is 6.11. The molecule has 0 spiro atoms. The quantitative estimate of drug-likeness (QED) is 0.447. The standard InChI is InChI=1S/C23H25NO6/c1-13-21(16-8-6-7-9-17(16)24-13)22(26)14(2)30-20(25)12-15-10-18(27-3)23(29-5)19(11-15)28-4/h6-11,14,24H,12H2,1-5H3/t14-/m1/s1. The molecule has 0 saturated heterocycles. The molecule has 0 aliphatic heterocycles. The van der Waals surface area contributed by atoms with E-state index >= 15 is 0 Å². The minimum atomic E-state index is -0.919. The molecular weight excluding hydrogens is 386 g/mol. The zero-order valence-corrected chi connectivity index (χ0v) is 17.7. The second kappa shape index (κ2) is 8.90. The van der Waals surface area contributed by atoms with Gasteiger partial charge in [-0.25, -0.2) is 0 Å². The Morgan fingerprint density at radius 1 is 1.00 bits per heavy atom. The zero-order chi connectivity index (χ0) is 21.8. The predicted molar refractivity (Wildman–Crippen MR) is 113 cm³/mol. The van der Waals surface area contributed by atoms with Crippen LogP contribution in [-0.2, 0) is 16.0 Å². The van der Waals surface area contributed by atoms with Gasteiger partial charge in [-0.15, -0.1) is 0 Å². The van der Waals surface area contributed by atoms with Crippen LogP contribution in [0.15, 0.2) is 36.4 Å². The third-order valence-electron chi connectivity index (χ3n) is 4.89. The summed E-state index contributed by atoms with van der Waals surface area (Å²) in [5, 5.41) is 0.813. The predicted octanol–water partition coefficient (Wildman–Crippen LogP) is 3.86. The van der Waals surface area contributed by atoms with Crippen molar-refractivity contribution in [2.45, 2.75) is 26.4 Å². The highest BCUT2D eigenvalue weighted by atomic mass is 16.5. The summed E-state index contributed by atoms with van der Waals surface area (Å²) < 4.78 is 21.3. The second-order valence-corrected chi connectivity index (χ2v) is 6.88. The highest BCUT2D eigenvalue weighted by Gasteiger charge is 2.25. The molecule has 0 aliphatic carbocycles. The molecule has 0 radical (unpaired) electrons. The number of benzene rings is 2. The van der Waals surface area contributed by atoms with Crippen LogP contribution < -0.4 is 14.2 Å². The molecule has 0 unspecified atom stereocenters. The van der Waals surface area contributed by atoms with Gasteiger partial charge >= 0.3 is 5.97 Å². The number of ketones is 1. The number of rotatable bonds is 8. The maximum Gasteiger partial charge on any atom is 0.310 e. The fourth-order valence-corrected chi connectivity index (χ4v) is 3.49. The van der Waals surface area contributed by atoms with E-state index in [1.165, 1.54) is 21.3 Å². The lowest BCUT2D eigenvalue weighted by Crippen LogP contribution is -2.25. The van der Waals surface area contributed by atoms with Crippen LogP contribution in [0.25, 0.3) is 10.9 Å². The summed E-state index contributed by atoms with van der Waals surface area (Å²) in [7, 11) is 4.52. The lowest BCUT2D eigenvalue weighted by Gasteiger charge is -2.15. The number of carbonyl (C=O) groups excluding carboxylic acids is 2. The number of ether oxygens (including phenoxy) is 4. The first-order valence-electron chi connectivity index (χ1n) is 9.49. The number of hydrogen-bond donors (Lipinski definition) is 1. The summed E-state index contributed by atoms with van der Waals surface area (Å²) in [6.07, 6.45) is -0.960. The Morgan fingerprint density at radius 3 is 2.23 bits per heavy atom. The molecule has 0 fully saturated rings. The Kier molecular flexibility index (Phi) is 6.30. The van der Waals surface area contributed by atoms with E-state index in [-0.39, 0.29) is 12.2 Å². The van der Waals surface area contributed by atoms with E-state index in [0.29, 0.717) is 28.4 Å². The van der Waals surface area contributed by atoms with Crippen molar-refractivity contribution in [2.24, 2.45) is 0 Å². The number of esters is 1. The third-order valence-corrected chi connectivity index (χ3v) is 4.89. The Labute approximate surface area is 174 Å². The molecule has 1 atom stereocenters. The second-order valence-electron chi connectivity index (χ2n) is 6.88. The van der Waals surface area contributed by atoms with Crippen molar-refractivity contribution in [3.63, 3.8) is 0 Å². The van der Waals surface area contributed by atoms with E-state index in [4.69, 9.17) is 18.9 Å². The van der Waals surface area contributed by atoms with Crippen LogP contribution in [0.1, 0.15) is 28.5 Å². The molecule has 7 heteroatoms. The van der Waals surface area contributed by atoms with Crippen LogP contribution in [0.5, 0.6) is 17.2 Å². The molecule has 2 aromatic carbocycles. The number of methoxy groups -OCH3 is 3. The van der Waals surface area contributed by atoms with E-state index < -0.39 is 12.1 Å². The summed E-state index contributed by atoms with van der Waals surface area (Å²) >= 11 is 0. The summed E-state index contributed by atoms with van der Waals surface area (Å²) in [4.78, 5) is 28.7. The molecule has 0 bridgehead atoms. The number of H-pyrrole nitrogens is 1. The molecule has 0 amide bonds. The van der Waals surface area contributed by atoms with Crippen molar-refractivity contribution in [2.75, 3.05) is 21.3 Å². The van der Waals surface area contributed by atoms with Crippen molar-refractivity contribution < 1.29 is 28.5 Å². The minimum Gasteiger partial charge on any atom is -0.493 e. The number of aromatic amines is 1. The SMILES string of the molecule is COc1cc(CC(=O)O[C@H](C)C(=O)c2c(C)[nH]c3ccccc23)cc(OC)c1OC. The van der Waals surface area contributed by atoms with Gasteiger partial charge in [-0.1, -0.05) is 18.2 Å². The molecule has 0 saturated carbocycles. The van der Waals surface area contributed by atoms with Crippen LogP contribution in [-0.4, -0.2) is 44.2 Å². The minimum absolute atomic E-state index is 0.0405. The fourth-order valence-electron chi connectivity index (χ4n) is 3.49. The van der Waals surface area contributed by atoms with Gasteiger partial charge in [-0.3, -0.25) is 9.59 Å². The normalized spacial score (nSPS) is 11.8. The third kappa shape index (κ3) is 4.10. The summed E-state index contributed by atoms with van der Waals surface area (Å²) in [6, 6.07) is 10.9. The number of hydrogen-bond acceptors (Lipinski definition) is 6. The van der Waals surface area contributed by atoms with Crippen LogP contribution in [0.2, 0.25) is 0 Å².